The number of nitrogens with one attached hydrogen (secondary N) is 4. The fourth-order valence-corrected chi connectivity index (χ4v) is 20.3. The highest BCUT2D eigenvalue weighted by atomic mass is 14.8. The minimum Gasteiger partial charge on any atom is -0.354 e. The molecule has 16 bridgehead atoms. The first-order valence-corrected chi connectivity index (χ1v) is 46.4. The van der Waals surface area contributed by atoms with Crippen LogP contribution in [0.2, 0.25) is 0 Å². The maximum atomic E-state index is 5.82. The number of H-pyrrole nitrogens is 4. The molecule has 0 unspecified atom stereocenters. The molecule has 126 heavy (non-hydrogen) atoms. The van der Waals surface area contributed by atoms with E-state index in [1.54, 1.807) is 0 Å². The van der Waals surface area contributed by atoms with Crippen LogP contribution < -0.4 is 0 Å². The van der Waals surface area contributed by atoms with Gasteiger partial charge in [-0.2, -0.15) is 0 Å². The molecule has 0 fully saturated rings. The van der Waals surface area contributed by atoms with E-state index in [0.717, 1.165) is 207 Å². The first-order chi connectivity index (χ1) is 59.9. The fourth-order valence-electron chi connectivity index (χ4n) is 20.3. The smallest absolute Gasteiger partial charge is 0.0769 e. The van der Waals surface area contributed by atoms with E-state index in [1.807, 2.05) is 0 Å². The van der Waals surface area contributed by atoms with Crippen LogP contribution in [0.25, 0.3) is 144 Å². The van der Waals surface area contributed by atoms with Gasteiger partial charge >= 0.3 is 0 Å². The van der Waals surface area contributed by atoms with Crippen molar-refractivity contribution in [2.45, 2.75) is 267 Å². The van der Waals surface area contributed by atoms with Crippen molar-refractivity contribution in [1.82, 2.24) is 39.9 Å². The fraction of sp³-hybridized carbons (Fsp3) is 0.339. The maximum Gasteiger partial charge on any atom is 0.0769 e. The van der Waals surface area contributed by atoms with Gasteiger partial charge in [-0.15, -0.1) is 0 Å². The third kappa shape index (κ3) is 15.5. The average Bonchev–Trinajstić information content (AvgIpc) is 1.59. The number of allylic oxidation sites excluding steroid dienone is 8. The largest absolute Gasteiger partial charge is 0.354 e. The highest BCUT2D eigenvalue weighted by Crippen LogP contribution is 2.50. The van der Waals surface area contributed by atoms with Crippen molar-refractivity contribution in [3.8, 4) is 68.2 Å². The van der Waals surface area contributed by atoms with Crippen LogP contribution in [0.4, 0.5) is 0 Å². The van der Waals surface area contributed by atoms with Crippen molar-refractivity contribution in [3.63, 3.8) is 0 Å². The lowest BCUT2D eigenvalue weighted by molar-refractivity contribution is 0.568. The predicted molar refractivity (Wildman–Crippen MR) is 542 cm³/mol. The van der Waals surface area contributed by atoms with Crippen molar-refractivity contribution in [3.05, 3.63) is 280 Å². The van der Waals surface area contributed by atoms with Crippen molar-refractivity contribution in [2.75, 3.05) is 0 Å². The molecular formula is C118H128N8. The number of aromatic amines is 4. The Morgan fingerprint density at radius 1 is 0.262 bits per heavy atom. The number of fused-ring (bicyclic) bond motifs is 17. The number of nitrogens with zero attached hydrogens (tertiary/aromatic N) is 4. The van der Waals surface area contributed by atoms with Crippen LogP contribution in [0, 0.1) is 51.4 Å². The summed E-state index contributed by atoms with van der Waals surface area (Å²) in [6.07, 6.45) is 6.74. The van der Waals surface area contributed by atoms with Gasteiger partial charge in [-0.05, 0) is 333 Å². The summed E-state index contributed by atoms with van der Waals surface area (Å²) in [6.45, 7) is 64.5. The van der Waals surface area contributed by atoms with Crippen LogP contribution in [0.5, 0.6) is 0 Å². The van der Waals surface area contributed by atoms with E-state index >= 15 is 0 Å². The summed E-state index contributed by atoms with van der Waals surface area (Å²) in [6, 6.07) is 54.5. The van der Waals surface area contributed by atoms with Crippen LogP contribution >= 0.6 is 0 Å². The van der Waals surface area contributed by atoms with Gasteiger partial charge in [0.2, 0.25) is 0 Å². The van der Waals surface area contributed by atoms with E-state index < -0.39 is 0 Å². The van der Waals surface area contributed by atoms with Gasteiger partial charge in [-0.1, -0.05) is 247 Å². The van der Waals surface area contributed by atoms with E-state index in [-0.39, 0.29) is 21.7 Å². The molecule has 0 atom stereocenters. The molecule has 0 spiro atoms. The van der Waals surface area contributed by atoms with E-state index in [1.165, 1.54) is 122 Å². The third-order valence-electron chi connectivity index (χ3n) is 27.8. The zero-order valence-electron chi connectivity index (χ0n) is 80.3. The lowest BCUT2D eigenvalue weighted by Gasteiger charge is -2.26. The van der Waals surface area contributed by atoms with Gasteiger partial charge in [0, 0.05) is 66.6 Å². The zero-order valence-corrected chi connectivity index (χ0v) is 80.3. The second kappa shape index (κ2) is 33.3. The molecule has 0 saturated carbocycles. The molecule has 6 aromatic heterocycles. The summed E-state index contributed by atoms with van der Waals surface area (Å²) in [5, 5.41) is 2.12. The lowest BCUT2D eigenvalue weighted by Crippen LogP contribution is -2.16. The minimum atomic E-state index is -0.0787. The van der Waals surface area contributed by atoms with Crippen molar-refractivity contribution < 1.29 is 0 Å². The summed E-state index contributed by atoms with van der Waals surface area (Å²) in [5.41, 5.74) is 54.2. The molecule has 0 amide bonds. The van der Waals surface area contributed by atoms with Gasteiger partial charge in [0.25, 0.3) is 0 Å². The van der Waals surface area contributed by atoms with Crippen LogP contribution in [0.15, 0.2) is 146 Å². The molecule has 16 rings (SSSR count). The molecule has 4 aliphatic rings. The number of hydrogen-bond acceptors (Lipinski definition) is 4. The molecule has 6 aromatic carbocycles. The lowest BCUT2D eigenvalue weighted by atomic mass is 9.78. The number of aryl methyl sites for hydroxylation is 8. The second-order valence-corrected chi connectivity index (χ2v) is 39.7. The van der Waals surface area contributed by atoms with E-state index in [0.29, 0.717) is 0 Å². The molecule has 640 valence electrons. The Kier molecular flexibility index (Phi) is 23.1. The van der Waals surface area contributed by atoms with Gasteiger partial charge in [0.15, 0.2) is 0 Å². The first kappa shape index (κ1) is 87.4. The summed E-state index contributed by atoms with van der Waals surface area (Å²) in [5.74, 6) is 14.5. The maximum absolute atomic E-state index is 5.82. The van der Waals surface area contributed by atoms with Gasteiger partial charge in [-0.3, -0.25) is 0 Å². The molecule has 8 heteroatoms. The third-order valence-corrected chi connectivity index (χ3v) is 27.8. The SMILES string of the molecule is CCC1=C(C)c2nc1cc1[nH]c(c(C)c1CC)c(-c1ccc(C#Cc3ccc(C#Cc4ccc(-c5c6nc(cc7[nH]c(c(C)c7CC)c(-c7cc(C(C)(C)C)cc(C(C)(C)C)c7)c7nc(cc8[nH]c5c(C)c8CC)C(CC)=C7C)C(CC)=C6C)cc4)c4ccccc34)cc1)c1nc(cc3[nH]c(c(C)c3CC)c2-c2cc(C(C)(C)C)cc(C(C)(C)C)c2)C(CC)=C1C. The first-order valence-electron chi connectivity index (χ1n) is 46.4. The van der Waals surface area contributed by atoms with Gasteiger partial charge in [-0.25, -0.2) is 19.9 Å². The van der Waals surface area contributed by atoms with Crippen LogP contribution in [0.3, 0.4) is 0 Å². The Morgan fingerprint density at radius 2 is 0.500 bits per heavy atom. The Bertz CT molecular complexity index is 6700. The molecule has 10 heterocycles. The molecule has 4 aliphatic heterocycles. The van der Waals surface area contributed by atoms with E-state index in [4.69, 9.17) is 19.9 Å². The van der Waals surface area contributed by atoms with Gasteiger partial charge in [0.05, 0.1) is 67.6 Å². The van der Waals surface area contributed by atoms with Crippen molar-refractivity contribution in [2.24, 2.45) is 0 Å². The van der Waals surface area contributed by atoms with Crippen LogP contribution in [-0.4, -0.2) is 39.9 Å². The van der Waals surface area contributed by atoms with Crippen molar-refractivity contribution in [1.29, 1.82) is 0 Å². The van der Waals surface area contributed by atoms with Gasteiger partial charge < -0.3 is 19.9 Å². The van der Waals surface area contributed by atoms with Crippen LogP contribution in [-0.2, 0) is 47.3 Å². The Hall–Kier alpha value is -12.1. The molecule has 0 aliphatic carbocycles. The number of benzene rings is 6. The second-order valence-electron chi connectivity index (χ2n) is 39.7. The van der Waals surface area contributed by atoms with E-state index in [9.17, 15) is 0 Å². The summed E-state index contributed by atoms with van der Waals surface area (Å²) < 4.78 is 0. The average molecular weight is 1660 g/mol. The number of hydrogen-bond donors (Lipinski definition) is 4. The van der Waals surface area contributed by atoms with Crippen molar-refractivity contribution >= 4 is 99.5 Å². The standard InChI is InChI=1S/C118H128N8/c1-29-85-65(9)107-103(108-66(10)86(30-2)96(120-108)62-100-90(34-6)70(14)112(124-100)105(111-69(13)89(33-5)99(123-111)61-95(85)119-107)79-55-81(115(17,18)19)59-82(56-79)116(20,21)22)77-49-43-73(44-50-77)41-47-75-53-54-76(94-40-38-37-39-93(75)94)48-42-74-45-51-78(52-46-74)104-109-67(11)87(31-3)97(121-109)63-101-91(35-7)71(15)113(125-101)106(80-57-83(117(23,24)25)60-84(58-80)118(26,27)28)114-72(16)92(36-8)102(126-114)64-98-88(32-4)68(12)110(104)122-98/h37-40,43-46,49-64,119,121,124,126H,29-36H2,1-28H3. The Morgan fingerprint density at radius 3 is 0.722 bits per heavy atom. The normalized spacial score (nSPS) is 13.4. The highest BCUT2D eigenvalue weighted by molar-refractivity contribution is 6.07. The number of rotatable bonds is 12. The topological polar surface area (TPSA) is 115 Å². The molecule has 0 radical (unpaired) electrons. The molecule has 12 aromatic rings. The molecule has 8 nitrogen and oxygen atoms in total. The van der Waals surface area contributed by atoms with E-state index in [2.05, 4.69) is 383 Å². The minimum absolute atomic E-state index is 0.0787. The predicted octanol–water partition coefficient (Wildman–Crippen LogP) is 31.6. The number of aromatic nitrogens is 8. The summed E-state index contributed by atoms with van der Waals surface area (Å²) in [7, 11) is 0. The Balaban J connectivity index is 0.783. The Labute approximate surface area is 749 Å². The quantitative estimate of drug-likeness (QED) is 0.0912. The molecule has 0 saturated heterocycles. The van der Waals surface area contributed by atoms with Gasteiger partial charge in [0.1, 0.15) is 0 Å². The zero-order chi connectivity index (χ0) is 90.0. The van der Waals surface area contributed by atoms with Crippen LogP contribution in [0.1, 0.15) is 326 Å². The molecular weight excluding hydrogens is 1530 g/mol. The summed E-state index contributed by atoms with van der Waals surface area (Å²) in [4.78, 5) is 39.7. The highest BCUT2D eigenvalue weighted by Gasteiger charge is 2.33. The summed E-state index contributed by atoms with van der Waals surface area (Å²) >= 11 is 0. The monoisotopic (exact) mass is 1660 g/mol. The molecule has 4 N–H and O–H groups in total.